The second-order valence-corrected chi connectivity index (χ2v) is 7.26. The molecule has 1 aliphatic rings. The average molecular weight is 420 g/mol. The van der Waals surface area contributed by atoms with Crippen LogP contribution in [0.1, 0.15) is 30.7 Å². The minimum absolute atomic E-state index is 0.0250. The van der Waals surface area contributed by atoms with Crippen molar-refractivity contribution >= 4 is 17.5 Å². The van der Waals surface area contributed by atoms with E-state index in [9.17, 15) is 27.5 Å². The van der Waals surface area contributed by atoms with Gasteiger partial charge in [-0.05, 0) is 25.0 Å². The highest BCUT2D eigenvalue weighted by Gasteiger charge is 2.59. The Balaban J connectivity index is 1.90. The van der Waals surface area contributed by atoms with Crippen LogP contribution in [0.25, 0.3) is 0 Å². The Hall–Kier alpha value is -2.13. The van der Waals surface area contributed by atoms with Crippen LogP contribution in [0, 0.1) is 5.82 Å². The van der Waals surface area contributed by atoms with Gasteiger partial charge in [-0.1, -0.05) is 17.7 Å². The summed E-state index contributed by atoms with van der Waals surface area (Å²) in [5.41, 5.74) is -3.44. The van der Waals surface area contributed by atoms with Gasteiger partial charge in [-0.3, -0.25) is 4.79 Å². The molecular weight excluding hydrogens is 402 g/mol. The van der Waals surface area contributed by atoms with E-state index in [2.05, 4.69) is 4.98 Å². The molecular formula is C18H18ClF4N3O2. The van der Waals surface area contributed by atoms with Crippen molar-refractivity contribution in [2.24, 2.45) is 7.05 Å². The molecule has 1 unspecified atom stereocenters. The molecule has 1 aromatic carbocycles. The number of carbonyl (C=O) groups is 1. The van der Waals surface area contributed by atoms with Crippen molar-refractivity contribution in [1.29, 1.82) is 0 Å². The van der Waals surface area contributed by atoms with Gasteiger partial charge >= 0.3 is 6.18 Å². The summed E-state index contributed by atoms with van der Waals surface area (Å²) in [5.74, 6) is -2.29. The monoisotopic (exact) mass is 419 g/mol. The molecule has 1 amide bonds. The summed E-state index contributed by atoms with van der Waals surface area (Å²) < 4.78 is 56.2. The predicted octanol–water partition coefficient (Wildman–Crippen LogP) is 3.54. The number of halogens is 5. The summed E-state index contributed by atoms with van der Waals surface area (Å²) in [6, 6.07) is 3.68. The van der Waals surface area contributed by atoms with Gasteiger partial charge in [0, 0.05) is 36.1 Å². The Kier molecular flexibility index (Phi) is 5.42. The molecule has 1 N–H and O–H groups in total. The first kappa shape index (κ1) is 20.6. The fourth-order valence-electron chi connectivity index (χ4n) is 3.05. The van der Waals surface area contributed by atoms with Gasteiger partial charge in [-0.2, -0.15) is 13.2 Å². The average Bonchev–Trinajstić information content (AvgIpc) is 3.33. The third kappa shape index (κ3) is 3.86. The number of carbonyl (C=O) groups excluding carboxylic acids is 1. The molecule has 152 valence electrons. The SMILES string of the molecule is Cn1ccnc1C(O)(CC(=O)N(Cc1c(F)cccc1Cl)C1CC1)C(F)(F)F. The topological polar surface area (TPSA) is 58.4 Å². The molecule has 2 aromatic rings. The Morgan fingerprint density at radius 2 is 2.07 bits per heavy atom. The Morgan fingerprint density at radius 1 is 1.39 bits per heavy atom. The number of hydrogen-bond acceptors (Lipinski definition) is 3. The lowest BCUT2D eigenvalue weighted by molar-refractivity contribution is -0.272. The standard InChI is InChI=1S/C18H18ClF4N3O2/c1-25-8-7-24-16(25)17(28,18(21,22)23)9-15(27)26(11-5-6-11)10-12-13(19)3-2-4-14(12)20/h2-4,7-8,11,28H,5-6,9-10H2,1H3. The molecule has 0 bridgehead atoms. The van der Waals surface area contributed by atoms with Crippen molar-refractivity contribution in [3.63, 3.8) is 0 Å². The smallest absolute Gasteiger partial charge is 0.374 e. The zero-order valence-corrected chi connectivity index (χ0v) is 15.6. The van der Waals surface area contributed by atoms with E-state index in [1.807, 2.05) is 0 Å². The molecule has 28 heavy (non-hydrogen) atoms. The van der Waals surface area contributed by atoms with Crippen molar-refractivity contribution in [2.45, 2.75) is 43.6 Å². The quantitative estimate of drug-likeness (QED) is 0.729. The molecule has 1 aliphatic carbocycles. The summed E-state index contributed by atoms with van der Waals surface area (Å²) in [6.45, 7) is -0.274. The molecule has 5 nitrogen and oxygen atoms in total. The van der Waals surface area contributed by atoms with Crippen LogP contribution in [0.5, 0.6) is 0 Å². The number of amides is 1. The summed E-state index contributed by atoms with van der Waals surface area (Å²) in [6.07, 6.45) is -2.87. The van der Waals surface area contributed by atoms with Crippen LogP contribution in [-0.2, 0) is 24.0 Å². The molecule has 0 aliphatic heterocycles. The number of hydrogen-bond donors (Lipinski definition) is 1. The highest BCUT2D eigenvalue weighted by molar-refractivity contribution is 6.31. The van der Waals surface area contributed by atoms with Crippen LogP contribution >= 0.6 is 11.6 Å². The van der Waals surface area contributed by atoms with E-state index >= 15 is 0 Å². The molecule has 1 saturated carbocycles. The van der Waals surface area contributed by atoms with E-state index in [0.717, 1.165) is 21.7 Å². The van der Waals surface area contributed by atoms with Crippen molar-refractivity contribution in [2.75, 3.05) is 0 Å². The number of aryl methyl sites for hydroxylation is 1. The van der Waals surface area contributed by atoms with E-state index in [-0.39, 0.29) is 23.2 Å². The molecule has 0 spiro atoms. The minimum Gasteiger partial charge on any atom is -0.374 e. The maximum atomic E-state index is 14.1. The van der Waals surface area contributed by atoms with Gasteiger partial charge in [0.25, 0.3) is 0 Å². The molecule has 10 heteroatoms. The summed E-state index contributed by atoms with van der Waals surface area (Å²) >= 11 is 5.99. The van der Waals surface area contributed by atoms with Crippen molar-refractivity contribution in [3.8, 4) is 0 Å². The fraction of sp³-hybridized carbons (Fsp3) is 0.444. The molecule has 1 atom stereocenters. The normalized spacial score (nSPS) is 16.7. The van der Waals surface area contributed by atoms with Crippen molar-refractivity contribution in [3.05, 3.63) is 52.8 Å². The first-order chi connectivity index (χ1) is 13.0. The molecule has 3 rings (SSSR count). The van der Waals surface area contributed by atoms with Gasteiger partial charge in [0.05, 0.1) is 13.0 Å². The molecule has 0 radical (unpaired) electrons. The van der Waals surface area contributed by atoms with E-state index in [0.29, 0.717) is 12.8 Å². The first-order valence-electron chi connectivity index (χ1n) is 8.54. The summed E-state index contributed by atoms with van der Waals surface area (Å²) in [7, 11) is 1.29. The van der Waals surface area contributed by atoms with E-state index in [1.165, 1.54) is 25.4 Å². The van der Waals surface area contributed by atoms with E-state index < -0.39 is 35.7 Å². The van der Waals surface area contributed by atoms with Crippen LogP contribution in [0.15, 0.2) is 30.6 Å². The predicted molar refractivity (Wildman–Crippen MR) is 92.8 cm³/mol. The lowest BCUT2D eigenvalue weighted by Crippen LogP contribution is -2.48. The second-order valence-electron chi connectivity index (χ2n) is 6.85. The van der Waals surface area contributed by atoms with E-state index in [1.54, 1.807) is 0 Å². The minimum atomic E-state index is -5.13. The van der Waals surface area contributed by atoms with Crippen molar-refractivity contribution in [1.82, 2.24) is 14.5 Å². The largest absolute Gasteiger partial charge is 0.425 e. The van der Waals surface area contributed by atoms with Crippen LogP contribution in [0.4, 0.5) is 17.6 Å². The number of benzene rings is 1. The zero-order chi connectivity index (χ0) is 20.7. The number of aromatic nitrogens is 2. The highest BCUT2D eigenvalue weighted by atomic mass is 35.5. The van der Waals surface area contributed by atoms with Gasteiger partial charge < -0.3 is 14.6 Å². The maximum Gasteiger partial charge on any atom is 0.425 e. The summed E-state index contributed by atoms with van der Waals surface area (Å²) in [4.78, 5) is 17.5. The number of alkyl halides is 3. The van der Waals surface area contributed by atoms with Gasteiger partial charge in [-0.15, -0.1) is 0 Å². The second kappa shape index (κ2) is 7.36. The Morgan fingerprint density at radius 3 is 2.57 bits per heavy atom. The van der Waals surface area contributed by atoms with Crippen LogP contribution in [0.3, 0.4) is 0 Å². The number of rotatable bonds is 6. The third-order valence-electron chi connectivity index (χ3n) is 4.77. The molecule has 1 aromatic heterocycles. The number of aliphatic hydroxyl groups is 1. The van der Waals surface area contributed by atoms with E-state index in [4.69, 9.17) is 11.6 Å². The lowest BCUT2D eigenvalue weighted by Gasteiger charge is -2.32. The Labute approximate surface area is 163 Å². The van der Waals surface area contributed by atoms with Crippen LogP contribution in [-0.4, -0.2) is 37.7 Å². The van der Waals surface area contributed by atoms with Gasteiger partial charge in [0.1, 0.15) is 5.82 Å². The van der Waals surface area contributed by atoms with Crippen LogP contribution in [0.2, 0.25) is 5.02 Å². The molecule has 1 fully saturated rings. The molecule has 0 saturated heterocycles. The number of imidazole rings is 1. The Bertz CT molecular complexity index is 862. The summed E-state index contributed by atoms with van der Waals surface area (Å²) in [5, 5.41) is 10.5. The first-order valence-corrected chi connectivity index (χ1v) is 8.91. The highest BCUT2D eigenvalue weighted by Crippen LogP contribution is 2.42. The van der Waals surface area contributed by atoms with Gasteiger partial charge in [0.15, 0.2) is 5.82 Å². The fourth-order valence-corrected chi connectivity index (χ4v) is 3.27. The third-order valence-corrected chi connectivity index (χ3v) is 5.12. The van der Waals surface area contributed by atoms with Gasteiger partial charge in [-0.25, -0.2) is 9.37 Å². The van der Waals surface area contributed by atoms with Crippen molar-refractivity contribution < 1.29 is 27.5 Å². The number of nitrogens with zero attached hydrogens (tertiary/aromatic N) is 3. The zero-order valence-electron chi connectivity index (χ0n) is 14.9. The van der Waals surface area contributed by atoms with Gasteiger partial charge in [0.2, 0.25) is 11.5 Å². The lowest BCUT2D eigenvalue weighted by atomic mass is 9.96. The molecule has 1 heterocycles. The maximum absolute atomic E-state index is 14.1. The van der Waals surface area contributed by atoms with Crippen LogP contribution < -0.4 is 0 Å².